The van der Waals surface area contributed by atoms with Gasteiger partial charge in [-0.2, -0.15) is 0 Å². The van der Waals surface area contributed by atoms with Crippen molar-refractivity contribution in [1.29, 1.82) is 0 Å². The zero-order valence-electron chi connectivity index (χ0n) is 11.2. The van der Waals surface area contributed by atoms with Gasteiger partial charge in [0.25, 0.3) is 0 Å². The minimum Gasteiger partial charge on any atom is -0.325 e. The maximum Gasteiger partial charge on any atom is 0.242 e. The number of amides is 1. The van der Waals surface area contributed by atoms with Gasteiger partial charge in [0.1, 0.15) is 5.82 Å². The van der Waals surface area contributed by atoms with E-state index in [1.165, 1.54) is 30.3 Å². The smallest absolute Gasteiger partial charge is 0.242 e. The quantitative estimate of drug-likeness (QED) is 0.828. The number of nitrogens with one attached hydrogen (secondary N) is 2. The van der Waals surface area contributed by atoms with Gasteiger partial charge in [0.05, 0.1) is 11.4 Å². The van der Waals surface area contributed by atoms with Crippen molar-refractivity contribution >= 4 is 37.5 Å². The first-order chi connectivity index (χ1) is 10.4. The van der Waals surface area contributed by atoms with E-state index >= 15 is 0 Å². The molecule has 8 heteroatoms. The number of sulfonamides is 1. The first-order valence-corrected chi connectivity index (χ1v) is 8.46. The molecule has 5 nitrogen and oxygen atoms in total. The Balaban J connectivity index is 1.98. The summed E-state index contributed by atoms with van der Waals surface area (Å²) in [5, 5.41) is 2.46. The van der Waals surface area contributed by atoms with Crippen molar-refractivity contribution < 1.29 is 17.6 Å². The maximum atomic E-state index is 12.7. The molecule has 2 rings (SSSR count). The normalized spacial score (nSPS) is 11.2. The van der Waals surface area contributed by atoms with Crippen LogP contribution in [0.4, 0.5) is 10.1 Å². The summed E-state index contributed by atoms with van der Waals surface area (Å²) >= 11 is 3.14. The Morgan fingerprint density at radius 1 is 1.09 bits per heavy atom. The van der Waals surface area contributed by atoms with Gasteiger partial charge in [-0.3, -0.25) is 4.79 Å². The molecular formula is C14H12BrFN2O3S. The number of benzene rings is 2. The summed E-state index contributed by atoms with van der Waals surface area (Å²) in [4.78, 5) is 11.8. The van der Waals surface area contributed by atoms with E-state index in [1.54, 1.807) is 18.2 Å². The molecule has 2 N–H and O–H groups in total. The van der Waals surface area contributed by atoms with Crippen LogP contribution in [-0.4, -0.2) is 20.9 Å². The number of rotatable bonds is 5. The lowest BCUT2D eigenvalue weighted by atomic mass is 10.3. The number of hydrogen-bond acceptors (Lipinski definition) is 3. The molecular weight excluding hydrogens is 375 g/mol. The number of anilines is 1. The minimum atomic E-state index is -3.80. The molecule has 0 aliphatic carbocycles. The summed E-state index contributed by atoms with van der Waals surface area (Å²) in [6.07, 6.45) is 0. The molecule has 0 unspecified atom stereocenters. The third-order valence-corrected chi connectivity index (χ3v) is 5.09. The zero-order valence-corrected chi connectivity index (χ0v) is 13.6. The molecule has 0 aliphatic heterocycles. The highest BCUT2D eigenvalue weighted by molar-refractivity contribution is 9.10. The lowest BCUT2D eigenvalue weighted by molar-refractivity contribution is -0.115. The van der Waals surface area contributed by atoms with Crippen LogP contribution in [0.1, 0.15) is 0 Å². The van der Waals surface area contributed by atoms with E-state index in [4.69, 9.17) is 0 Å². The Kier molecular flexibility index (Phi) is 5.28. The molecule has 116 valence electrons. The molecule has 0 atom stereocenters. The minimum absolute atomic E-state index is 0.0459. The topological polar surface area (TPSA) is 75.3 Å². The van der Waals surface area contributed by atoms with Crippen LogP contribution < -0.4 is 10.0 Å². The van der Waals surface area contributed by atoms with Crippen molar-refractivity contribution in [2.24, 2.45) is 0 Å². The highest BCUT2D eigenvalue weighted by Gasteiger charge is 2.18. The van der Waals surface area contributed by atoms with Gasteiger partial charge >= 0.3 is 0 Å². The lowest BCUT2D eigenvalue weighted by Crippen LogP contribution is -2.33. The van der Waals surface area contributed by atoms with E-state index in [2.05, 4.69) is 26.0 Å². The Bertz CT molecular complexity index is 779. The van der Waals surface area contributed by atoms with E-state index in [9.17, 15) is 17.6 Å². The van der Waals surface area contributed by atoms with E-state index in [-0.39, 0.29) is 4.90 Å². The summed E-state index contributed by atoms with van der Waals surface area (Å²) < 4.78 is 39.5. The van der Waals surface area contributed by atoms with Crippen LogP contribution in [0.3, 0.4) is 0 Å². The van der Waals surface area contributed by atoms with Gasteiger partial charge in [-0.25, -0.2) is 17.5 Å². The van der Waals surface area contributed by atoms with Gasteiger partial charge in [-0.15, -0.1) is 0 Å². The molecule has 0 aliphatic rings. The van der Waals surface area contributed by atoms with E-state index in [0.29, 0.717) is 10.2 Å². The van der Waals surface area contributed by atoms with Crippen molar-refractivity contribution in [1.82, 2.24) is 4.72 Å². The maximum absolute atomic E-state index is 12.7. The molecule has 0 bridgehead atoms. The average Bonchev–Trinajstić information content (AvgIpc) is 2.48. The largest absolute Gasteiger partial charge is 0.325 e. The fourth-order valence-corrected chi connectivity index (χ4v) is 3.62. The van der Waals surface area contributed by atoms with Crippen LogP contribution >= 0.6 is 15.9 Å². The predicted molar refractivity (Wildman–Crippen MR) is 84.4 cm³/mol. The first-order valence-electron chi connectivity index (χ1n) is 6.18. The van der Waals surface area contributed by atoms with Crippen LogP contribution in [0, 0.1) is 5.82 Å². The monoisotopic (exact) mass is 386 g/mol. The summed E-state index contributed by atoms with van der Waals surface area (Å²) in [5.74, 6) is -0.977. The van der Waals surface area contributed by atoms with Crippen molar-refractivity contribution in [2.45, 2.75) is 4.90 Å². The molecule has 0 saturated heterocycles. The highest BCUT2D eigenvalue weighted by Crippen LogP contribution is 2.20. The zero-order chi connectivity index (χ0) is 16.2. The molecule has 22 heavy (non-hydrogen) atoms. The van der Waals surface area contributed by atoms with Crippen LogP contribution in [0.2, 0.25) is 0 Å². The fraction of sp³-hybridized carbons (Fsp3) is 0.0714. The molecule has 1 amide bonds. The standard InChI is InChI=1S/C14H12BrFN2O3S/c15-12-3-1-2-4-13(12)22(20,21)17-9-14(19)18-11-7-5-10(16)6-8-11/h1-8,17H,9H2,(H,18,19). The van der Waals surface area contributed by atoms with Crippen LogP contribution in [0.15, 0.2) is 57.9 Å². The van der Waals surface area contributed by atoms with Crippen molar-refractivity contribution in [3.8, 4) is 0 Å². The first kappa shape index (κ1) is 16.6. The number of halogens is 2. The molecule has 0 aromatic heterocycles. The van der Waals surface area contributed by atoms with E-state index in [0.717, 1.165) is 0 Å². The van der Waals surface area contributed by atoms with E-state index in [1.807, 2.05) is 0 Å². The van der Waals surface area contributed by atoms with Crippen molar-refractivity contribution in [3.63, 3.8) is 0 Å². The Morgan fingerprint density at radius 3 is 2.36 bits per heavy atom. The molecule has 0 heterocycles. The number of carbonyl (C=O) groups excluding carboxylic acids is 1. The molecule has 2 aromatic rings. The van der Waals surface area contributed by atoms with Crippen LogP contribution in [-0.2, 0) is 14.8 Å². The van der Waals surface area contributed by atoms with Gasteiger partial charge < -0.3 is 5.32 Å². The van der Waals surface area contributed by atoms with Crippen molar-refractivity contribution in [3.05, 3.63) is 58.8 Å². The van der Waals surface area contributed by atoms with Gasteiger partial charge in [-0.1, -0.05) is 12.1 Å². The molecule has 0 saturated carbocycles. The number of hydrogen-bond donors (Lipinski definition) is 2. The van der Waals surface area contributed by atoms with E-state index < -0.39 is 28.3 Å². The predicted octanol–water partition coefficient (Wildman–Crippen LogP) is 2.51. The SMILES string of the molecule is O=C(CNS(=O)(=O)c1ccccc1Br)Nc1ccc(F)cc1. The third-order valence-electron chi connectivity index (χ3n) is 2.68. The molecule has 0 radical (unpaired) electrons. The second kappa shape index (κ2) is 6.99. The van der Waals surface area contributed by atoms with Gasteiger partial charge in [0.15, 0.2) is 0 Å². The van der Waals surface area contributed by atoms with Crippen molar-refractivity contribution in [2.75, 3.05) is 11.9 Å². The van der Waals surface area contributed by atoms with Gasteiger partial charge in [-0.05, 0) is 52.3 Å². The van der Waals surface area contributed by atoms with Gasteiger partial charge in [0.2, 0.25) is 15.9 Å². The van der Waals surface area contributed by atoms with Crippen LogP contribution in [0.25, 0.3) is 0 Å². The average molecular weight is 387 g/mol. The van der Waals surface area contributed by atoms with Crippen LogP contribution in [0.5, 0.6) is 0 Å². The fourth-order valence-electron chi connectivity index (χ4n) is 1.64. The highest BCUT2D eigenvalue weighted by atomic mass is 79.9. The second-order valence-corrected chi connectivity index (χ2v) is 6.90. The second-order valence-electron chi connectivity index (χ2n) is 4.31. The lowest BCUT2D eigenvalue weighted by Gasteiger charge is -2.09. The Hall–Kier alpha value is -1.77. The molecule has 0 fully saturated rings. The Morgan fingerprint density at radius 2 is 1.73 bits per heavy atom. The summed E-state index contributed by atoms with van der Waals surface area (Å²) in [7, 11) is -3.80. The summed E-state index contributed by atoms with van der Waals surface area (Å²) in [5.41, 5.74) is 0.381. The van der Waals surface area contributed by atoms with Gasteiger partial charge in [0, 0.05) is 10.2 Å². The number of carbonyl (C=O) groups is 1. The Labute approximate surface area is 135 Å². The molecule has 0 spiro atoms. The molecule has 2 aromatic carbocycles. The summed E-state index contributed by atoms with van der Waals surface area (Å²) in [6.45, 7) is -0.430. The summed E-state index contributed by atoms with van der Waals surface area (Å²) in [6, 6.07) is 11.4. The third kappa shape index (κ3) is 4.36.